The fraction of sp³-hybridized carbons (Fsp3) is 0.241. The van der Waals surface area contributed by atoms with E-state index >= 15 is 0 Å². The van der Waals surface area contributed by atoms with Crippen molar-refractivity contribution in [1.29, 1.82) is 0 Å². The van der Waals surface area contributed by atoms with Crippen molar-refractivity contribution in [3.8, 4) is 0 Å². The van der Waals surface area contributed by atoms with Crippen molar-refractivity contribution >= 4 is 39.4 Å². The molecular weight excluding hydrogens is 553 g/mol. The molecule has 0 spiro atoms. The van der Waals surface area contributed by atoms with E-state index in [1.165, 1.54) is 21.9 Å². The maximum absolute atomic E-state index is 13.9. The quantitative estimate of drug-likeness (QED) is 0.485. The molecule has 0 aromatic heterocycles. The molecule has 5 rings (SSSR count). The Labute approximate surface area is 227 Å². The Morgan fingerprint density at radius 3 is 2.42 bits per heavy atom. The first-order chi connectivity index (χ1) is 18.3. The summed E-state index contributed by atoms with van der Waals surface area (Å²) in [6.07, 6.45) is 0.498. The summed E-state index contributed by atoms with van der Waals surface area (Å²) in [6.45, 7) is 0.191. The Morgan fingerprint density at radius 1 is 0.947 bits per heavy atom. The maximum Gasteiger partial charge on any atom is 0.254 e. The van der Waals surface area contributed by atoms with E-state index in [2.05, 4.69) is 21.2 Å². The van der Waals surface area contributed by atoms with E-state index in [-0.39, 0.29) is 31.2 Å². The van der Waals surface area contributed by atoms with Crippen molar-refractivity contribution in [3.63, 3.8) is 0 Å². The number of hydrogen-bond acceptors (Lipinski definition) is 4. The highest BCUT2D eigenvalue weighted by Gasteiger charge is 2.52. The fourth-order valence-electron chi connectivity index (χ4n) is 5.26. The van der Waals surface area contributed by atoms with Crippen LogP contribution in [0.3, 0.4) is 0 Å². The molecule has 9 heteroatoms. The molecule has 194 valence electrons. The monoisotopic (exact) mass is 577 g/mol. The largest absolute Gasteiger partial charge is 0.340 e. The van der Waals surface area contributed by atoms with Crippen LogP contribution < -0.4 is 5.32 Å². The third kappa shape index (κ3) is 5.24. The van der Waals surface area contributed by atoms with Gasteiger partial charge in [0.15, 0.2) is 5.78 Å². The van der Waals surface area contributed by atoms with Crippen LogP contribution in [0.1, 0.15) is 32.7 Å². The van der Waals surface area contributed by atoms with Crippen LogP contribution in [0, 0.1) is 5.82 Å². The van der Waals surface area contributed by atoms with Crippen LogP contribution in [0.15, 0.2) is 83.3 Å². The van der Waals surface area contributed by atoms with Gasteiger partial charge in [0.2, 0.25) is 5.91 Å². The van der Waals surface area contributed by atoms with Gasteiger partial charge in [-0.05, 0) is 54.4 Å². The van der Waals surface area contributed by atoms with Crippen molar-refractivity contribution < 1.29 is 23.6 Å². The van der Waals surface area contributed by atoms with Gasteiger partial charge in [-0.2, -0.15) is 0 Å². The van der Waals surface area contributed by atoms with Crippen LogP contribution in [-0.2, 0) is 16.0 Å². The number of fused-ring (bicyclic) bond motifs is 1. The number of likely N-dealkylation sites (tertiary alicyclic amines) is 2. The summed E-state index contributed by atoms with van der Waals surface area (Å²) in [5.41, 5.74) is 1.37. The third-order valence-corrected chi connectivity index (χ3v) is 7.50. The second kappa shape index (κ2) is 10.9. The zero-order valence-corrected chi connectivity index (χ0v) is 21.9. The van der Waals surface area contributed by atoms with Crippen molar-refractivity contribution in [3.05, 3.63) is 106 Å². The lowest BCUT2D eigenvalue weighted by Crippen LogP contribution is -2.53. The van der Waals surface area contributed by atoms with Gasteiger partial charge in [-0.15, -0.1) is 0 Å². The molecule has 3 aromatic rings. The van der Waals surface area contributed by atoms with Crippen LogP contribution >= 0.6 is 15.9 Å². The minimum atomic E-state index is -1.03. The van der Waals surface area contributed by atoms with Crippen molar-refractivity contribution in [1.82, 2.24) is 15.1 Å². The number of benzene rings is 3. The minimum absolute atomic E-state index is 0.0467. The van der Waals surface area contributed by atoms with Gasteiger partial charge in [-0.25, -0.2) is 4.39 Å². The zero-order valence-electron chi connectivity index (χ0n) is 20.3. The summed E-state index contributed by atoms with van der Waals surface area (Å²) in [5.74, 6) is -1.81. The highest BCUT2D eigenvalue weighted by Crippen LogP contribution is 2.31. The Morgan fingerprint density at radius 2 is 1.68 bits per heavy atom. The average Bonchev–Trinajstić information content (AvgIpc) is 3.49. The summed E-state index contributed by atoms with van der Waals surface area (Å²) < 4.78 is 14.6. The molecule has 2 fully saturated rings. The zero-order chi connectivity index (χ0) is 26.8. The number of amides is 3. The molecule has 2 aliphatic rings. The van der Waals surface area contributed by atoms with Gasteiger partial charge in [0, 0.05) is 28.6 Å². The maximum atomic E-state index is 13.9. The number of ketones is 1. The standard InChI is InChI=1S/C29H25BrFN3O4/c30-21-10-5-9-20(16-21)27(36)32-23(15-18-6-4-11-22(31)14-18)29(38)33-13-12-24-26(33)25(35)17-34(24)28(37)19-7-2-1-3-8-19/h1-11,14,16,23-24,26H,12-13,15,17H2,(H,32,36)/t23?,24-,26+/m1/s1. The number of carbonyl (C=O) groups is 4. The van der Waals surface area contributed by atoms with Crippen molar-refractivity contribution in [2.75, 3.05) is 13.1 Å². The van der Waals surface area contributed by atoms with Gasteiger partial charge < -0.3 is 15.1 Å². The SMILES string of the molecule is O=C(NC(Cc1cccc(F)c1)C(=O)N1CC[C@@H]2[C@H]1C(=O)CN2C(=O)c1ccccc1)c1cccc(Br)c1. The summed E-state index contributed by atoms with van der Waals surface area (Å²) in [7, 11) is 0. The highest BCUT2D eigenvalue weighted by atomic mass is 79.9. The van der Waals surface area contributed by atoms with Gasteiger partial charge in [0.1, 0.15) is 17.9 Å². The Balaban J connectivity index is 1.39. The topological polar surface area (TPSA) is 86.8 Å². The summed E-state index contributed by atoms with van der Waals surface area (Å²) >= 11 is 3.35. The van der Waals surface area contributed by atoms with E-state index in [1.54, 1.807) is 60.7 Å². The molecule has 7 nitrogen and oxygen atoms in total. The summed E-state index contributed by atoms with van der Waals surface area (Å²) in [5, 5.41) is 2.79. The van der Waals surface area contributed by atoms with Crippen LogP contribution in [0.4, 0.5) is 4.39 Å². The number of nitrogens with one attached hydrogen (secondary N) is 1. The molecule has 0 saturated carbocycles. The summed E-state index contributed by atoms with van der Waals surface area (Å²) in [4.78, 5) is 56.2. The second-order valence-electron chi connectivity index (χ2n) is 9.47. The molecule has 1 unspecified atom stereocenters. The number of halogens is 2. The number of hydrogen-bond donors (Lipinski definition) is 1. The first kappa shape index (κ1) is 25.8. The van der Waals surface area contributed by atoms with Crippen LogP contribution in [-0.4, -0.2) is 64.5 Å². The number of carbonyl (C=O) groups excluding carboxylic acids is 4. The van der Waals surface area contributed by atoms with E-state index in [1.807, 2.05) is 6.07 Å². The number of nitrogens with zero attached hydrogens (tertiary/aromatic N) is 2. The van der Waals surface area contributed by atoms with E-state index < -0.39 is 35.8 Å². The molecule has 3 aromatic carbocycles. The second-order valence-corrected chi connectivity index (χ2v) is 10.4. The first-order valence-electron chi connectivity index (χ1n) is 12.3. The first-order valence-corrected chi connectivity index (χ1v) is 13.1. The molecule has 2 saturated heterocycles. The van der Waals surface area contributed by atoms with Crippen molar-refractivity contribution in [2.24, 2.45) is 0 Å². The summed E-state index contributed by atoms with van der Waals surface area (Å²) in [6, 6.07) is 19.1. The van der Waals surface area contributed by atoms with Crippen LogP contribution in [0.25, 0.3) is 0 Å². The van der Waals surface area contributed by atoms with E-state index in [4.69, 9.17) is 0 Å². The van der Waals surface area contributed by atoms with E-state index in [0.717, 1.165) is 0 Å². The minimum Gasteiger partial charge on any atom is -0.340 e. The van der Waals surface area contributed by atoms with Gasteiger partial charge in [0.05, 0.1) is 12.6 Å². The average molecular weight is 578 g/mol. The molecule has 2 aliphatic heterocycles. The molecule has 0 radical (unpaired) electrons. The van der Waals surface area contributed by atoms with Gasteiger partial charge in [0.25, 0.3) is 11.8 Å². The van der Waals surface area contributed by atoms with Crippen LogP contribution in [0.5, 0.6) is 0 Å². The lowest BCUT2D eigenvalue weighted by Gasteiger charge is -2.28. The normalized spacial score (nSPS) is 19.3. The Bertz CT molecular complexity index is 1400. The molecule has 0 bridgehead atoms. The fourth-order valence-corrected chi connectivity index (χ4v) is 5.66. The van der Waals surface area contributed by atoms with Gasteiger partial charge in [-0.1, -0.05) is 52.3 Å². The molecule has 3 atom stereocenters. The predicted molar refractivity (Wildman–Crippen MR) is 142 cm³/mol. The highest BCUT2D eigenvalue weighted by molar-refractivity contribution is 9.10. The smallest absolute Gasteiger partial charge is 0.254 e. The van der Waals surface area contributed by atoms with Crippen LogP contribution in [0.2, 0.25) is 0 Å². The molecule has 38 heavy (non-hydrogen) atoms. The lowest BCUT2D eigenvalue weighted by atomic mass is 10.0. The van der Waals surface area contributed by atoms with Gasteiger partial charge >= 0.3 is 0 Å². The number of rotatable bonds is 6. The number of Topliss-reactive ketones (excluding diaryl/α,β-unsaturated/α-hetero) is 1. The molecule has 3 amide bonds. The molecular formula is C29H25BrFN3O4. The van der Waals surface area contributed by atoms with Crippen molar-refractivity contribution in [2.45, 2.75) is 31.0 Å². The molecule has 2 heterocycles. The van der Waals surface area contributed by atoms with E-state index in [9.17, 15) is 23.6 Å². The molecule has 1 N–H and O–H groups in total. The van der Waals surface area contributed by atoms with Gasteiger partial charge in [-0.3, -0.25) is 19.2 Å². The van der Waals surface area contributed by atoms with E-state index in [0.29, 0.717) is 27.6 Å². The lowest BCUT2D eigenvalue weighted by molar-refractivity contribution is -0.138. The third-order valence-electron chi connectivity index (χ3n) is 7.01. The Kier molecular flexibility index (Phi) is 7.37. The predicted octanol–water partition coefficient (Wildman–Crippen LogP) is 3.62. The molecule has 0 aliphatic carbocycles. The Hall–Kier alpha value is -3.85.